The molecule has 0 aliphatic heterocycles. The van der Waals surface area contributed by atoms with Gasteiger partial charge in [-0.1, -0.05) is 13.8 Å². The Bertz CT molecular complexity index is 266. The number of carboxylic acids is 1. The van der Waals surface area contributed by atoms with Gasteiger partial charge in [0.2, 0.25) is 0 Å². The Morgan fingerprint density at radius 1 is 1.29 bits per heavy atom. The summed E-state index contributed by atoms with van der Waals surface area (Å²) in [5.74, 6) is -1.22. The number of carboxylic acid groups (broad SMARTS) is 1. The van der Waals surface area contributed by atoms with Crippen molar-refractivity contribution in [2.24, 2.45) is 5.92 Å². The van der Waals surface area contributed by atoms with Crippen molar-refractivity contribution < 1.29 is 19.8 Å². The number of urea groups is 1. The largest absolute Gasteiger partial charge is 0.480 e. The highest BCUT2D eigenvalue weighted by Crippen LogP contribution is 2.03. The summed E-state index contributed by atoms with van der Waals surface area (Å²) in [7, 11) is 1.57. The molecule has 0 saturated carbocycles. The second-order valence-corrected chi connectivity index (χ2v) is 4.57. The molecule has 0 aromatic carbocycles. The van der Waals surface area contributed by atoms with Crippen LogP contribution < -0.4 is 5.32 Å². The highest BCUT2D eigenvalue weighted by atomic mass is 16.4. The van der Waals surface area contributed by atoms with Crippen LogP contribution in [0.2, 0.25) is 0 Å². The molecule has 0 fully saturated rings. The van der Waals surface area contributed by atoms with Crippen molar-refractivity contribution in [1.29, 1.82) is 0 Å². The molecule has 2 atom stereocenters. The van der Waals surface area contributed by atoms with Gasteiger partial charge < -0.3 is 20.4 Å². The lowest BCUT2D eigenvalue weighted by atomic mass is 10.1. The fraction of sp³-hybridized carbons (Fsp3) is 0.818. The average molecular weight is 246 g/mol. The molecule has 0 aromatic heterocycles. The van der Waals surface area contributed by atoms with Gasteiger partial charge in [-0.3, -0.25) is 0 Å². The maximum absolute atomic E-state index is 11.6. The minimum atomic E-state index is -1.04. The predicted molar refractivity (Wildman–Crippen MR) is 63.7 cm³/mol. The maximum Gasteiger partial charge on any atom is 0.326 e. The summed E-state index contributed by atoms with van der Waals surface area (Å²) >= 11 is 0. The minimum absolute atomic E-state index is 0.179. The van der Waals surface area contributed by atoms with Crippen molar-refractivity contribution in [2.45, 2.75) is 39.3 Å². The van der Waals surface area contributed by atoms with Crippen LogP contribution in [-0.4, -0.2) is 52.9 Å². The topological polar surface area (TPSA) is 89.9 Å². The van der Waals surface area contributed by atoms with E-state index in [1.807, 2.05) is 0 Å². The molecule has 6 heteroatoms. The van der Waals surface area contributed by atoms with Crippen LogP contribution >= 0.6 is 0 Å². The zero-order valence-electron chi connectivity index (χ0n) is 10.8. The van der Waals surface area contributed by atoms with Crippen molar-refractivity contribution in [2.75, 3.05) is 13.6 Å². The second-order valence-electron chi connectivity index (χ2n) is 4.57. The highest BCUT2D eigenvalue weighted by Gasteiger charge is 2.24. The van der Waals surface area contributed by atoms with Gasteiger partial charge in [-0.05, 0) is 19.3 Å². The van der Waals surface area contributed by atoms with E-state index < -0.39 is 24.1 Å². The fourth-order valence-corrected chi connectivity index (χ4v) is 1.24. The number of rotatable bonds is 6. The van der Waals surface area contributed by atoms with Crippen LogP contribution in [0.25, 0.3) is 0 Å². The van der Waals surface area contributed by atoms with Gasteiger partial charge in [0.1, 0.15) is 6.04 Å². The van der Waals surface area contributed by atoms with Gasteiger partial charge in [-0.2, -0.15) is 0 Å². The molecule has 0 radical (unpaired) electrons. The number of nitrogens with one attached hydrogen (secondary N) is 1. The lowest BCUT2D eigenvalue weighted by Crippen LogP contribution is -2.49. The molecule has 17 heavy (non-hydrogen) atoms. The number of amides is 2. The van der Waals surface area contributed by atoms with Crippen LogP contribution in [0.4, 0.5) is 4.79 Å². The highest BCUT2D eigenvalue weighted by molar-refractivity contribution is 5.82. The molecule has 100 valence electrons. The number of carbonyl (C=O) groups is 2. The van der Waals surface area contributed by atoms with E-state index in [2.05, 4.69) is 5.32 Å². The third kappa shape index (κ3) is 6.11. The molecule has 0 aromatic rings. The Labute approximate surface area is 102 Å². The van der Waals surface area contributed by atoms with Gasteiger partial charge in [0.25, 0.3) is 0 Å². The summed E-state index contributed by atoms with van der Waals surface area (Å²) in [6.45, 7) is 5.48. The number of aliphatic hydroxyl groups excluding tert-OH is 1. The molecular weight excluding hydrogens is 224 g/mol. The van der Waals surface area contributed by atoms with E-state index >= 15 is 0 Å². The number of hydrogen-bond acceptors (Lipinski definition) is 3. The van der Waals surface area contributed by atoms with Crippen LogP contribution in [0.3, 0.4) is 0 Å². The van der Waals surface area contributed by atoms with E-state index in [0.29, 0.717) is 13.0 Å². The summed E-state index contributed by atoms with van der Waals surface area (Å²) in [4.78, 5) is 23.9. The van der Waals surface area contributed by atoms with Gasteiger partial charge in [-0.25, -0.2) is 9.59 Å². The molecule has 0 saturated heterocycles. The van der Waals surface area contributed by atoms with Crippen LogP contribution in [-0.2, 0) is 4.79 Å². The minimum Gasteiger partial charge on any atom is -0.480 e. The first-order valence-corrected chi connectivity index (χ1v) is 5.68. The maximum atomic E-state index is 11.6. The van der Waals surface area contributed by atoms with Crippen LogP contribution in [0.5, 0.6) is 0 Å². The third-order valence-corrected chi connectivity index (χ3v) is 2.44. The number of carbonyl (C=O) groups excluding carboxylic acids is 1. The Kier molecular flexibility index (Phi) is 6.57. The van der Waals surface area contributed by atoms with Gasteiger partial charge in [0.15, 0.2) is 0 Å². The summed E-state index contributed by atoms with van der Waals surface area (Å²) in [5.41, 5.74) is 0. The van der Waals surface area contributed by atoms with Crippen molar-refractivity contribution in [3.05, 3.63) is 0 Å². The van der Waals surface area contributed by atoms with E-state index in [1.54, 1.807) is 27.8 Å². The van der Waals surface area contributed by atoms with Gasteiger partial charge in [0.05, 0.1) is 6.10 Å². The molecule has 0 rings (SSSR count). The first kappa shape index (κ1) is 15.7. The molecule has 0 aliphatic carbocycles. The zero-order chi connectivity index (χ0) is 13.6. The summed E-state index contributed by atoms with van der Waals surface area (Å²) in [6.07, 6.45) is -0.0193. The Morgan fingerprint density at radius 2 is 1.82 bits per heavy atom. The molecule has 0 bridgehead atoms. The molecule has 6 nitrogen and oxygen atoms in total. The monoisotopic (exact) mass is 246 g/mol. The molecule has 0 aliphatic rings. The van der Waals surface area contributed by atoms with Gasteiger partial charge in [-0.15, -0.1) is 0 Å². The Hall–Kier alpha value is -1.30. The van der Waals surface area contributed by atoms with Crippen LogP contribution in [0, 0.1) is 5.92 Å². The lowest BCUT2D eigenvalue weighted by Gasteiger charge is -2.23. The van der Waals surface area contributed by atoms with Crippen molar-refractivity contribution in [3.8, 4) is 0 Å². The third-order valence-electron chi connectivity index (χ3n) is 2.44. The van der Waals surface area contributed by atoms with E-state index in [4.69, 9.17) is 10.2 Å². The van der Waals surface area contributed by atoms with Crippen molar-refractivity contribution >= 4 is 12.0 Å². The Balaban J connectivity index is 4.26. The molecular formula is C11H22N2O4. The molecule has 0 heterocycles. The first-order valence-electron chi connectivity index (χ1n) is 5.68. The van der Waals surface area contributed by atoms with Crippen LogP contribution in [0.1, 0.15) is 27.2 Å². The molecule has 0 spiro atoms. The normalized spacial score (nSPS) is 14.2. The van der Waals surface area contributed by atoms with Crippen LogP contribution in [0.15, 0.2) is 0 Å². The zero-order valence-corrected chi connectivity index (χ0v) is 10.8. The smallest absolute Gasteiger partial charge is 0.326 e. The predicted octanol–water partition coefficient (Wildman–Crippen LogP) is 0.508. The SMILES string of the molecule is CC(O)CCN(C)C(=O)NC(C(=O)O)C(C)C. The number of nitrogens with zero attached hydrogens (tertiary/aromatic N) is 1. The number of hydrogen-bond donors (Lipinski definition) is 3. The van der Waals surface area contributed by atoms with E-state index in [-0.39, 0.29) is 5.92 Å². The summed E-state index contributed by atoms with van der Waals surface area (Å²) < 4.78 is 0. The standard InChI is InChI=1S/C11H22N2O4/c1-7(2)9(10(15)16)12-11(17)13(4)6-5-8(3)14/h7-9,14H,5-6H2,1-4H3,(H,12,17)(H,15,16). The van der Waals surface area contributed by atoms with Crippen molar-refractivity contribution in [1.82, 2.24) is 10.2 Å². The number of aliphatic carboxylic acids is 1. The second kappa shape index (κ2) is 7.11. The van der Waals surface area contributed by atoms with E-state index in [0.717, 1.165) is 0 Å². The summed E-state index contributed by atoms with van der Waals surface area (Å²) in [5, 5.41) is 20.5. The van der Waals surface area contributed by atoms with Gasteiger partial charge in [0, 0.05) is 13.6 Å². The van der Waals surface area contributed by atoms with E-state index in [1.165, 1.54) is 4.90 Å². The van der Waals surface area contributed by atoms with E-state index in [9.17, 15) is 9.59 Å². The molecule has 2 unspecified atom stereocenters. The molecule has 3 N–H and O–H groups in total. The first-order chi connectivity index (χ1) is 7.75. The average Bonchev–Trinajstić information content (AvgIpc) is 2.20. The quantitative estimate of drug-likeness (QED) is 0.637. The van der Waals surface area contributed by atoms with Crippen molar-refractivity contribution in [3.63, 3.8) is 0 Å². The summed E-state index contributed by atoms with van der Waals surface area (Å²) in [6, 6.07) is -1.33. The fourth-order valence-electron chi connectivity index (χ4n) is 1.24. The Morgan fingerprint density at radius 3 is 2.18 bits per heavy atom. The lowest BCUT2D eigenvalue weighted by molar-refractivity contribution is -0.140. The number of aliphatic hydroxyl groups is 1. The van der Waals surface area contributed by atoms with Gasteiger partial charge >= 0.3 is 12.0 Å². The molecule has 2 amide bonds.